The van der Waals surface area contributed by atoms with Crippen molar-refractivity contribution in [3.8, 4) is 5.75 Å². The van der Waals surface area contributed by atoms with Crippen LogP contribution in [0.3, 0.4) is 0 Å². The topological polar surface area (TPSA) is 76.2 Å². The summed E-state index contributed by atoms with van der Waals surface area (Å²) in [5.74, 6) is 0.966. The predicted octanol–water partition coefficient (Wildman–Crippen LogP) is 1.28. The first-order chi connectivity index (χ1) is 13.2. The van der Waals surface area contributed by atoms with Gasteiger partial charge in [0.2, 0.25) is 15.9 Å². The molecule has 1 amide bonds. The Bertz CT molecular complexity index is 871. The fourth-order valence-electron chi connectivity index (χ4n) is 4.78. The molecule has 0 aromatic heterocycles. The lowest BCUT2D eigenvalue weighted by Crippen LogP contribution is -2.56. The van der Waals surface area contributed by atoms with Gasteiger partial charge in [-0.2, -0.15) is 4.31 Å². The molecule has 0 unspecified atom stereocenters. The van der Waals surface area contributed by atoms with Gasteiger partial charge in [0.15, 0.2) is 0 Å². The standard InChI is InChI=1S/C20H28N2O5S/c1-14(2)10-22-13-20-12-21(11-17(27-20)9-18(20)28(22,24)25)19(23)8-15-5-4-6-16(7-15)26-3/h4-7,14,17-18H,8-13H2,1-3H3/t17-,18+,20+/m1/s1. The number of nitrogens with zero attached hydrogens (tertiary/aromatic N) is 2. The van der Waals surface area contributed by atoms with E-state index in [1.165, 1.54) is 0 Å². The van der Waals surface area contributed by atoms with Crippen molar-refractivity contribution in [1.82, 2.24) is 9.21 Å². The molecule has 2 bridgehead atoms. The molecule has 4 rings (SSSR count). The first-order valence-corrected chi connectivity index (χ1v) is 11.3. The molecule has 1 aromatic rings. The van der Waals surface area contributed by atoms with Crippen LogP contribution in [-0.4, -0.2) is 73.8 Å². The molecular weight excluding hydrogens is 380 g/mol. The van der Waals surface area contributed by atoms with E-state index in [0.717, 1.165) is 11.3 Å². The maximum atomic E-state index is 13.0. The van der Waals surface area contributed by atoms with Gasteiger partial charge >= 0.3 is 0 Å². The number of methoxy groups -OCH3 is 1. The van der Waals surface area contributed by atoms with E-state index in [-0.39, 0.29) is 24.3 Å². The van der Waals surface area contributed by atoms with Crippen molar-refractivity contribution < 1.29 is 22.7 Å². The van der Waals surface area contributed by atoms with Gasteiger partial charge in [-0.25, -0.2) is 8.42 Å². The molecule has 3 fully saturated rings. The van der Waals surface area contributed by atoms with Crippen LogP contribution in [0.25, 0.3) is 0 Å². The molecule has 3 aliphatic heterocycles. The van der Waals surface area contributed by atoms with Crippen molar-refractivity contribution in [2.45, 2.75) is 43.6 Å². The second-order valence-electron chi connectivity index (χ2n) is 8.56. The number of likely N-dealkylation sites (tertiary alicyclic amines) is 1. The van der Waals surface area contributed by atoms with Crippen molar-refractivity contribution in [2.24, 2.45) is 5.92 Å². The summed E-state index contributed by atoms with van der Waals surface area (Å²) in [6.45, 7) is 5.65. The van der Waals surface area contributed by atoms with E-state index in [1.807, 2.05) is 38.1 Å². The highest BCUT2D eigenvalue weighted by Crippen LogP contribution is 2.46. The molecule has 0 N–H and O–H groups in total. The van der Waals surface area contributed by atoms with Gasteiger partial charge in [-0.3, -0.25) is 4.79 Å². The quantitative estimate of drug-likeness (QED) is 0.734. The molecule has 8 heteroatoms. The maximum Gasteiger partial charge on any atom is 0.227 e. The number of fused-ring (bicyclic) bond motifs is 1. The lowest BCUT2D eigenvalue weighted by molar-refractivity contribution is -0.150. The molecule has 0 radical (unpaired) electrons. The van der Waals surface area contributed by atoms with Crippen molar-refractivity contribution in [3.63, 3.8) is 0 Å². The summed E-state index contributed by atoms with van der Waals surface area (Å²) in [6.07, 6.45) is 0.538. The number of rotatable bonds is 5. The second kappa shape index (κ2) is 7.00. The Kier molecular flexibility index (Phi) is 4.92. The van der Waals surface area contributed by atoms with Gasteiger partial charge in [-0.15, -0.1) is 0 Å². The molecule has 1 spiro atoms. The molecule has 3 heterocycles. The number of hydrogen-bond donors (Lipinski definition) is 0. The van der Waals surface area contributed by atoms with E-state index < -0.39 is 20.9 Å². The first-order valence-electron chi connectivity index (χ1n) is 9.81. The van der Waals surface area contributed by atoms with Gasteiger partial charge in [0.1, 0.15) is 16.6 Å². The summed E-state index contributed by atoms with van der Waals surface area (Å²) in [5, 5.41) is -0.543. The molecule has 1 aromatic carbocycles. The van der Waals surface area contributed by atoms with E-state index in [4.69, 9.17) is 9.47 Å². The Hall–Kier alpha value is -1.64. The van der Waals surface area contributed by atoms with Gasteiger partial charge in [0, 0.05) is 19.6 Å². The number of morpholine rings is 1. The van der Waals surface area contributed by atoms with Crippen molar-refractivity contribution in [1.29, 1.82) is 0 Å². The maximum absolute atomic E-state index is 13.0. The third-order valence-electron chi connectivity index (χ3n) is 5.92. The highest BCUT2D eigenvalue weighted by Gasteiger charge is 2.65. The average molecular weight is 409 g/mol. The van der Waals surface area contributed by atoms with Gasteiger partial charge < -0.3 is 14.4 Å². The first kappa shape index (κ1) is 19.7. The zero-order valence-electron chi connectivity index (χ0n) is 16.6. The van der Waals surface area contributed by atoms with Crippen LogP contribution in [0.1, 0.15) is 25.8 Å². The average Bonchev–Trinajstić information content (AvgIpc) is 3.00. The van der Waals surface area contributed by atoms with Crippen molar-refractivity contribution >= 4 is 15.9 Å². The summed E-state index contributed by atoms with van der Waals surface area (Å²) in [6, 6.07) is 7.48. The zero-order chi connectivity index (χ0) is 20.1. The largest absolute Gasteiger partial charge is 0.497 e. The normalized spacial score (nSPS) is 31.2. The smallest absolute Gasteiger partial charge is 0.227 e. The Balaban J connectivity index is 1.52. The Labute approximate surface area is 166 Å². The molecule has 3 saturated heterocycles. The number of amides is 1. The number of carbonyl (C=O) groups is 1. The summed E-state index contributed by atoms with van der Waals surface area (Å²) >= 11 is 0. The fraction of sp³-hybridized carbons (Fsp3) is 0.650. The summed E-state index contributed by atoms with van der Waals surface area (Å²) in [7, 11) is -1.79. The van der Waals surface area contributed by atoms with Gasteiger partial charge in [-0.1, -0.05) is 26.0 Å². The number of hydrogen-bond acceptors (Lipinski definition) is 5. The summed E-state index contributed by atoms with van der Waals surface area (Å²) in [5.41, 5.74) is 0.0958. The van der Waals surface area contributed by atoms with Crippen LogP contribution < -0.4 is 4.74 Å². The van der Waals surface area contributed by atoms with Crippen LogP contribution in [0.15, 0.2) is 24.3 Å². The number of carbonyl (C=O) groups excluding carboxylic acids is 1. The minimum absolute atomic E-state index is 0.00119. The molecule has 154 valence electrons. The van der Waals surface area contributed by atoms with E-state index in [9.17, 15) is 13.2 Å². The van der Waals surface area contributed by atoms with Crippen LogP contribution in [-0.2, 0) is 26.0 Å². The van der Waals surface area contributed by atoms with Crippen LogP contribution in [0.5, 0.6) is 5.75 Å². The van der Waals surface area contributed by atoms with Crippen LogP contribution in [0.2, 0.25) is 0 Å². The van der Waals surface area contributed by atoms with Gasteiger partial charge in [0.05, 0.1) is 26.2 Å². The van der Waals surface area contributed by atoms with Gasteiger partial charge in [0.25, 0.3) is 0 Å². The molecule has 3 aliphatic rings. The Morgan fingerprint density at radius 2 is 2.14 bits per heavy atom. The Morgan fingerprint density at radius 3 is 2.86 bits per heavy atom. The van der Waals surface area contributed by atoms with Crippen molar-refractivity contribution in [3.05, 3.63) is 29.8 Å². The summed E-state index contributed by atoms with van der Waals surface area (Å²) in [4.78, 5) is 14.8. The molecule has 0 aliphatic carbocycles. The molecular formula is C20H28N2O5S. The van der Waals surface area contributed by atoms with E-state index in [0.29, 0.717) is 32.6 Å². The summed E-state index contributed by atoms with van der Waals surface area (Å²) < 4.78 is 39.0. The van der Waals surface area contributed by atoms with E-state index >= 15 is 0 Å². The second-order valence-corrected chi connectivity index (χ2v) is 10.7. The molecule has 3 atom stereocenters. The minimum atomic E-state index is -3.39. The number of sulfonamides is 1. The van der Waals surface area contributed by atoms with E-state index in [1.54, 1.807) is 16.3 Å². The minimum Gasteiger partial charge on any atom is -0.497 e. The number of ether oxygens (including phenoxy) is 2. The third kappa shape index (κ3) is 3.31. The fourth-order valence-corrected chi connectivity index (χ4v) is 7.25. The lowest BCUT2D eigenvalue weighted by atomic mass is 9.98. The van der Waals surface area contributed by atoms with Crippen molar-refractivity contribution in [2.75, 3.05) is 33.3 Å². The van der Waals surface area contributed by atoms with Gasteiger partial charge in [-0.05, 0) is 30.0 Å². The lowest BCUT2D eigenvalue weighted by Gasteiger charge is -2.39. The zero-order valence-corrected chi connectivity index (χ0v) is 17.4. The monoisotopic (exact) mass is 408 g/mol. The van der Waals surface area contributed by atoms with Crippen LogP contribution in [0, 0.1) is 5.92 Å². The van der Waals surface area contributed by atoms with Crippen LogP contribution >= 0.6 is 0 Å². The van der Waals surface area contributed by atoms with E-state index in [2.05, 4.69) is 0 Å². The predicted molar refractivity (Wildman–Crippen MR) is 105 cm³/mol. The molecule has 28 heavy (non-hydrogen) atoms. The molecule has 0 saturated carbocycles. The third-order valence-corrected chi connectivity index (χ3v) is 8.26. The molecule has 7 nitrogen and oxygen atoms in total. The Morgan fingerprint density at radius 1 is 1.36 bits per heavy atom. The SMILES string of the molecule is COc1cccc(CC(=O)N2C[C@H]3C[C@H]4[C@](C2)(CN(CC(C)C)S4(=O)=O)O3)c1. The number of benzene rings is 1. The van der Waals surface area contributed by atoms with Crippen LogP contribution in [0.4, 0.5) is 0 Å². The highest BCUT2D eigenvalue weighted by molar-refractivity contribution is 7.90. The highest BCUT2D eigenvalue weighted by atomic mass is 32.2.